The van der Waals surface area contributed by atoms with Gasteiger partial charge in [-0.2, -0.15) is 4.99 Å². The molecule has 0 radical (unpaired) electrons. The van der Waals surface area contributed by atoms with Gasteiger partial charge in [-0.25, -0.2) is 9.59 Å². The number of hydrogen-bond donors (Lipinski definition) is 1. The molecule has 0 spiro atoms. The molecule has 0 saturated heterocycles. The number of nitrogens with zero attached hydrogens (tertiary/aromatic N) is 3. The number of rotatable bonds is 9. The molecular weight excluding hydrogens is 576 g/mol. The Morgan fingerprint density at radius 3 is 2.24 bits per heavy atom. The van der Waals surface area contributed by atoms with Crippen LogP contribution in [0.15, 0.2) is 119 Å². The number of hydrogen-bond acceptors (Lipinski definition) is 9. The van der Waals surface area contributed by atoms with Gasteiger partial charge in [0.25, 0.3) is 6.20 Å². The van der Waals surface area contributed by atoms with Crippen LogP contribution in [0.2, 0.25) is 0 Å². The number of amides is 1. The third-order valence-electron chi connectivity index (χ3n) is 7.37. The van der Waals surface area contributed by atoms with E-state index < -0.39 is 24.2 Å². The van der Waals surface area contributed by atoms with E-state index in [1.807, 2.05) is 66.7 Å². The van der Waals surface area contributed by atoms with E-state index in [0.29, 0.717) is 5.56 Å². The van der Waals surface area contributed by atoms with Crippen LogP contribution < -0.4 is 19.8 Å². The quantitative estimate of drug-likeness (QED) is 0.115. The predicted molar refractivity (Wildman–Crippen MR) is 160 cm³/mol. The van der Waals surface area contributed by atoms with E-state index in [-0.39, 0.29) is 30.6 Å². The molecule has 1 heterocycles. The van der Waals surface area contributed by atoms with E-state index in [4.69, 9.17) is 18.7 Å². The summed E-state index contributed by atoms with van der Waals surface area (Å²) in [7, 11) is 1.25. The molecule has 1 atom stereocenters. The summed E-state index contributed by atoms with van der Waals surface area (Å²) >= 11 is 0. The monoisotopic (exact) mass is 604 g/mol. The summed E-state index contributed by atoms with van der Waals surface area (Å²) in [5.41, 5.74) is 5.82. The number of aliphatic imine (C=N–C) groups is 1. The fraction of sp³-hybridized carbons (Fsp3) is 0.147. The van der Waals surface area contributed by atoms with Crippen molar-refractivity contribution in [1.29, 1.82) is 0 Å². The minimum Gasteiger partial charge on any atom is -0.566 e. The van der Waals surface area contributed by atoms with Crippen molar-refractivity contribution < 1.29 is 38.1 Å². The number of benzene rings is 4. The number of fused-ring (bicyclic) bond motifs is 3. The fourth-order valence-electron chi connectivity index (χ4n) is 5.25. The van der Waals surface area contributed by atoms with Gasteiger partial charge in [0.2, 0.25) is 11.0 Å². The van der Waals surface area contributed by atoms with Crippen molar-refractivity contribution >= 4 is 24.0 Å². The molecule has 5 aromatic rings. The molecule has 4 aromatic carbocycles. The topological polar surface area (TPSA) is 139 Å². The lowest BCUT2D eigenvalue weighted by Crippen LogP contribution is -2.43. The van der Waals surface area contributed by atoms with E-state index in [0.717, 1.165) is 27.9 Å². The maximum absolute atomic E-state index is 12.8. The van der Waals surface area contributed by atoms with Crippen molar-refractivity contribution in [3.05, 3.63) is 126 Å². The summed E-state index contributed by atoms with van der Waals surface area (Å²) in [6.45, 7) is 0.110. The Kier molecular flexibility index (Phi) is 8.49. The highest BCUT2D eigenvalue weighted by Gasteiger charge is 2.30. The van der Waals surface area contributed by atoms with Crippen molar-refractivity contribution in [2.45, 2.75) is 18.4 Å². The zero-order valence-corrected chi connectivity index (χ0v) is 24.2. The van der Waals surface area contributed by atoms with E-state index in [1.54, 1.807) is 24.3 Å². The Bertz CT molecular complexity index is 1790. The third kappa shape index (κ3) is 6.67. The number of aromatic nitrogens is 2. The Labute approximate surface area is 258 Å². The van der Waals surface area contributed by atoms with Gasteiger partial charge < -0.3 is 24.6 Å². The summed E-state index contributed by atoms with van der Waals surface area (Å²) in [4.78, 5) is 29.1. The van der Waals surface area contributed by atoms with Crippen LogP contribution in [0.5, 0.6) is 5.75 Å². The van der Waals surface area contributed by atoms with Gasteiger partial charge in [-0.15, -0.1) is 0 Å². The fourth-order valence-corrected chi connectivity index (χ4v) is 5.25. The second-order valence-electron chi connectivity index (χ2n) is 10.2. The molecule has 0 fully saturated rings. The Morgan fingerprint density at radius 1 is 0.933 bits per heavy atom. The second kappa shape index (κ2) is 13.1. The van der Waals surface area contributed by atoms with Crippen molar-refractivity contribution in [2.75, 3.05) is 13.7 Å². The first kappa shape index (κ1) is 29.1. The minimum atomic E-state index is -1.00. The van der Waals surface area contributed by atoms with Gasteiger partial charge >= 0.3 is 17.9 Å². The lowest BCUT2D eigenvalue weighted by Gasteiger charge is -2.19. The van der Waals surface area contributed by atoms with Gasteiger partial charge in [-0.05, 0) is 44.6 Å². The molecule has 0 unspecified atom stereocenters. The van der Waals surface area contributed by atoms with Crippen LogP contribution >= 0.6 is 0 Å². The number of carbonyl (C=O) groups is 2. The lowest BCUT2D eigenvalue weighted by molar-refractivity contribution is -0.670. The summed E-state index contributed by atoms with van der Waals surface area (Å²) in [6.07, 6.45) is -0.0626. The minimum absolute atomic E-state index is 0.0271. The SMILES string of the molecule is COC(=O)[C@H](Cc1ccc(O/C([O-])=N/c2c[n+](-c3ccccc3)no2)cc1)NC(=O)OCC1c2ccccc2-c2ccccc21. The molecule has 45 heavy (non-hydrogen) atoms. The number of nitrogens with one attached hydrogen (secondary N) is 1. The molecule has 6 rings (SSSR count). The number of alkyl carbamates (subject to hydrolysis) is 1. The molecule has 1 aliphatic rings. The normalized spacial score (nSPS) is 13.0. The number of carbonyl (C=O) groups excluding carboxylic acids is 2. The third-order valence-corrected chi connectivity index (χ3v) is 7.37. The van der Waals surface area contributed by atoms with Crippen molar-refractivity contribution in [3.63, 3.8) is 0 Å². The van der Waals surface area contributed by atoms with Gasteiger partial charge in [0.05, 0.1) is 7.11 Å². The van der Waals surface area contributed by atoms with E-state index in [1.165, 1.54) is 18.0 Å². The first-order chi connectivity index (χ1) is 22.0. The largest absolute Gasteiger partial charge is 0.566 e. The van der Waals surface area contributed by atoms with Crippen LogP contribution in [0.1, 0.15) is 22.6 Å². The van der Waals surface area contributed by atoms with Gasteiger partial charge in [-0.3, -0.25) is 4.52 Å². The van der Waals surface area contributed by atoms with Gasteiger partial charge in [0.15, 0.2) is 6.08 Å². The van der Waals surface area contributed by atoms with Crippen LogP contribution in [0.25, 0.3) is 16.8 Å². The number of methoxy groups -OCH3 is 1. The Morgan fingerprint density at radius 2 is 1.58 bits per heavy atom. The number of para-hydroxylation sites is 1. The average molecular weight is 605 g/mol. The molecule has 1 aromatic heterocycles. The highest BCUT2D eigenvalue weighted by molar-refractivity contribution is 5.82. The first-order valence-corrected chi connectivity index (χ1v) is 14.1. The Balaban J connectivity index is 1.05. The van der Waals surface area contributed by atoms with Crippen LogP contribution in [-0.2, 0) is 20.7 Å². The van der Waals surface area contributed by atoms with E-state index in [9.17, 15) is 14.7 Å². The summed E-state index contributed by atoms with van der Waals surface area (Å²) < 4.78 is 22.3. The molecule has 1 amide bonds. The molecular formula is C34H28N4O7. The molecule has 226 valence electrons. The molecule has 11 heteroatoms. The number of esters is 1. The van der Waals surface area contributed by atoms with Crippen LogP contribution in [0.3, 0.4) is 0 Å². The molecule has 0 saturated carbocycles. The maximum atomic E-state index is 12.8. The maximum Gasteiger partial charge on any atom is 0.407 e. The zero-order chi connectivity index (χ0) is 31.2. The van der Waals surface area contributed by atoms with Crippen LogP contribution in [-0.4, -0.2) is 43.2 Å². The van der Waals surface area contributed by atoms with E-state index in [2.05, 4.69) is 27.7 Å². The lowest BCUT2D eigenvalue weighted by atomic mass is 9.98. The zero-order valence-electron chi connectivity index (χ0n) is 24.2. The van der Waals surface area contributed by atoms with Gasteiger partial charge in [0, 0.05) is 30.2 Å². The van der Waals surface area contributed by atoms with E-state index >= 15 is 0 Å². The van der Waals surface area contributed by atoms with Gasteiger partial charge in [0.1, 0.15) is 12.6 Å². The molecule has 11 nitrogen and oxygen atoms in total. The van der Waals surface area contributed by atoms with Crippen molar-refractivity contribution in [1.82, 2.24) is 10.6 Å². The van der Waals surface area contributed by atoms with Crippen molar-refractivity contribution in [2.24, 2.45) is 4.99 Å². The predicted octanol–water partition coefficient (Wildman–Crippen LogP) is 4.00. The summed E-state index contributed by atoms with van der Waals surface area (Å²) in [5.74, 6) is -0.546. The van der Waals surface area contributed by atoms with Crippen LogP contribution in [0.4, 0.5) is 10.7 Å². The van der Waals surface area contributed by atoms with Crippen LogP contribution in [0, 0.1) is 0 Å². The molecule has 0 aliphatic heterocycles. The molecule has 1 N–H and O–H groups in total. The second-order valence-corrected chi connectivity index (χ2v) is 10.2. The summed E-state index contributed by atoms with van der Waals surface area (Å²) in [5, 5.41) is 18.8. The smallest absolute Gasteiger partial charge is 0.407 e. The Hall–Kier alpha value is -5.97. The molecule has 0 bridgehead atoms. The van der Waals surface area contributed by atoms with Crippen molar-refractivity contribution in [3.8, 4) is 22.6 Å². The van der Waals surface area contributed by atoms with Gasteiger partial charge in [-0.1, -0.05) is 78.9 Å². The average Bonchev–Trinajstić information content (AvgIpc) is 3.67. The summed E-state index contributed by atoms with van der Waals surface area (Å²) in [6, 6.07) is 30.7. The first-order valence-electron chi connectivity index (χ1n) is 14.1. The molecule has 1 aliphatic carbocycles. The standard InChI is InChI=1S/C34H28N4O7/c1-42-32(39)30(35-33(40)43-21-29-27-13-7-5-11-25(27)26-12-6-8-14-28(26)29)19-22-15-17-24(18-16-22)44-34(41)36-31-20-38(37-45-31)23-9-3-2-4-10-23/h2-18,20,29-30H,19,21H2,1H3,(H-,35,36,37,40,41)/t30-/m0/s1. The highest BCUT2D eigenvalue weighted by Crippen LogP contribution is 2.44. The number of ether oxygens (including phenoxy) is 3. The highest BCUT2D eigenvalue weighted by atomic mass is 16.6.